The fraction of sp³-hybridized carbons (Fsp3) is 1.00. The van der Waals surface area contributed by atoms with Gasteiger partial charge < -0.3 is 10.1 Å². The fourth-order valence-corrected chi connectivity index (χ4v) is 2.32. The summed E-state index contributed by atoms with van der Waals surface area (Å²) in [5.41, 5.74) is 0. The third-order valence-electron chi connectivity index (χ3n) is 3.28. The number of likely N-dealkylation sites (N-methyl/N-ethyl adjacent to an activating group) is 1. The number of ether oxygens (including phenoxy) is 1. The number of hydrogen-bond acceptors (Lipinski definition) is 2. The van der Waals surface area contributed by atoms with Gasteiger partial charge in [0.15, 0.2) is 0 Å². The molecule has 0 aromatic heterocycles. The Morgan fingerprint density at radius 3 is 2.60 bits per heavy atom. The van der Waals surface area contributed by atoms with Crippen LogP contribution >= 0.6 is 0 Å². The smallest absolute Gasteiger partial charge is 0.0699 e. The highest BCUT2D eigenvalue weighted by Gasteiger charge is 2.17. The number of rotatable bonds is 8. The van der Waals surface area contributed by atoms with Crippen molar-refractivity contribution in [2.24, 2.45) is 5.92 Å². The SMILES string of the molecule is CCCC(CNCC)OCC1CCCC1. The predicted molar refractivity (Wildman–Crippen MR) is 65.1 cm³/mol. The van der Waals surface area contributed by atoms with Crippen LogP contribution in [0.15, 0.2) is 0 Å². The first-order chi connectivity index (χ1) is 7.36. The zero-order chi connectivity index (χ0) is 10.9. The highest BCUT2D eigenvalue weighted by Crippen LogP contribution is 2.25. The summed E-state index contributed by atoms with van der Waals surface area (Å²) >= 11 is 0. The Hall–Kier alpha value is -0.0800. The summed E-state index contributed by atoms with van der Waals surface area (Å²) in [6, 6.07) is 0. The van der Waals surface area contributed by atoms with Gasteiger partial charge >= 0.3 is 0 Å². The molecule has 0 amide bonds. The topological polar surface area (TPSA) is 21.3 Å². The lowest BCUT2D eigenvalue weighted by molar-refractivity contribution is 0.0255. The van der Waals surface area contributed by atoms with Gasteiger partial charge in [0.05, 0.1) is 6.10 Å². The van der Waals surface area contributed by atoms with Crippen molar-refractivity contribution in [3.05, 3.63) is 0 Å². The Balaban J connectivity index is 2.11. The Bertz CT molecular complexity index is 143. The zero-order valence-electron chi connectivity index (χ0n) is 10.4. The molecule has 0 spiro atoms. The summed E-state index contributed by atoms with van der Waals surface area (Å²) in [5, 5.41) is 3.38. The van der Waals surface area contributed by atoms with Gasteiger partial charge in [-0.25, -0.2) is 0 Å². The predicted octanol–water partition coefficient (Wildman–Crippen LogP) is 2.97. The molecule has 1 saturated carbocycles. The van der Waals surface area contributed by atoms with E-state index in [0.717, 1.165) is 25.6 Å². The van der Waals surface area contributed by atoms with E-state index in [1.807, 2.05) is 0 Å². The van der Waals surface area contributed by atoms with E-state index in [-0.39, 0.29) is 0 Å². The molecule has 1 atom stereocenters. The summed E-state index contributed by atoms with van der Waals surface area (Å²) in [6.45, 7) is 7.46. The van der Waals surface area contributed by atoms with Crippen molar-refractivity contribution in [3.63, 3.8) is 0 Å². The second kappa shape index (κ2) is 8.12. The van der Waals surface area contributed by atoms with E-state index >= 15 is 0 Å². The Kier molecular flexibility index (Phi) is 7.03. The summed E-state index contributed by atoms with van der Waals surface area (Å²) in [6.07, 6.45) is 8.47. The van der Waals surface area contributed by atoms with Crippen LogP contribution in [0.25, 0.3) is 0 Å². The average molecular weight is 213 g/mol. The Morgan fingerprint density at radius 2 is 2.00 bits per heavy atom. The lowest BCUT2D eigenvalue weighted by Gasteiger charge is -2.19. The van der Waals surface area contributed by atoms with Crippen LogP contribution in [0.4, 0.5) is 0 Å². The molecule has 1 aliphatic rings. The van der Waals surface area contributed by atoms with Gasteiger partial charge in [0.1, 0.15) is 0 Å². The molecule has 1 aliphatic carbocycles. The molecule has 15 heavy (non-hydrogen) atoms. The molecule has 2 heteroatoms. The molecule has 90 valence electrons. The van der Waals surface area contributed by atoms with E-state index in [0.29, 0.717) is 6.10 Å². The lowest BCUT2D eigenvalue weighted by atomic mass is 10.1. The van der Waals surface area contributed by atoms with Gasteiger partial charge in [-0.05, 0) is 31.7 Å². The van der Waals surface area contributed by atoms with Crippen molar-refractivity contribution in [1.29, 1.82) is 0 Å². The summed E-state index contributed by atoms with van der Waals surface area (Å²) in [5.74, 6) is 0.853. The molecule has 2 nitrogen and oxygen atoms in total. The molecule has 1 unspecified atom stereocenters. The minimum atomic E-state index is 0.440. The van der Waals surface area contributed by atoms with E-state index < -0.39 is 0 Å². The van der Waals surface area contributed by atoms with Crippen molar-refractivity contribution in [3.8, 4) is 0 Å². The van der Waals surface area contributed by atoms with Crippen LogP contribution in [0.5, 0.6) is 0 Å². The monoisotopic (exact) mass is 213 g/mol. The van der Waals surface area contributed by atoms with Crippen LogP contribution in [0.2, 0.25) is 0 Å². The van der Waals surface area contributed by atoms with Crippen LogP contribution in [-0.2, 0) is 4.74 Å². The molecular formula is C13H27NO. The molecule has 0 aromatic rings. The van der Waals surface area contributed by atoms with Gasteiger partial charge in [0.2, 0.25) is 0 Å². The van der Waals surface area contributed by atoms with Crippen LogP contribution in [0.3, 0.4) is 0 Å². The number of hydrogen-bond donors (Lipinski definition) is 1. The fourth-order valence-electron chi connectivity index (χ4n) is 2.32. The largest absolute Gasteiger partial charge is 0.377 e. The average Bonchev–Trinajstić information content (AvgIpc) is 2.75. The second-order valence-electron chi connectivity index (χ2n) is 4.70. The van der Waals surface area contributed by atoms with Crippen molar-refractivity contribution in [2.45, 2.75) is 58.5 Å². The van der Waals surface area contributed by atoms with Crippen LogP contribution in [0, 0.1) is 5.92 Å². The highest BCUT2D eigenvalue weighted by atomic mass is 16.5. The van der Waals surface area contributed by atoms with E-state index in [1.54, 1.807) is 0 Å². The standard InChI is InChI=1S/C13H27NO/c1-3-7-13(10-14-4-2)15-11-12-8-5-6-9-12/h12-14H,3-11H2,1-2H3. The quantitative estimate of drug-likeness (QED) is 0.669. The van der Waals surface area contributed by atoms with Crippen LogP contribution in [0.1, 0.15) is 52.4 Å². The molecule has 0 heterocycles. The third kappa shape index (κ3) is 5.53. The molecule has 0 bridgehead atoms. The van der Waals surface area contributed by atoms with Crippen molar-refractivity contribution < 1.29 is 4.74 Å². The zero-order valence-corrected chi connectivity index (χ0v) is 10.4. The summed E-state index contributed by atoms with van der Waals surface area (Å²) in [7, 11) is 0. The van der Waals surface area contributed by atoms with Gasteiger partial charge in [-0.2, -0.15) is 0 Å². The molecule has 1 N–H and O–H groups in total. The minimum Gasteiger partial charge on any atom is -0.377 e. The van der Waals surface area contributed by atoms with E-state index in [2.05, 4.69) is 19.2 Å². The minimum absolute atomic E-state index is 0.440. The second-order valence-corrected chi connectivity index (χ2v) is 4.70. The maximum absolute atomic E-state index is 6.01. The van der Waals surface area contributed by atoms with Gasteiger partial charge in [0.25, 0.3) is 0 Å². The lowest BCUT2D eigenvalue weighted by Crippen LogP contribution is -2.30. The van der Waals surface area contributed by atoms with Crippen molar-refractivity contribution in [2.75, 3.05) is 19.7 Å². The maximum atomic E-state index is 6.01. The summed E-state index contributed by atoms with van der Waals surface area (Å²) < 4.78 is 6.01. The van der Waals surface area contributed by atoms with E-state index in [1.165, 1.54) is 38.5 Å². The first-order valence-electron chi connectivity index (χ1n) is 6.69. The Morgan fingerprint density at radius 1 is 1.27 bits per heavy atom. The van der Waals surface area contributed by atoms with Gasteiger partial charge in [-0.1, -0.05) is 33.1 Å². The molecule has 0 aliphatic heterocycles. The Labute approximate surface area is 94.8 Å². The first kappa shape index (κ1) is 13.0. The molecule has 0 aromatic carbocycles. The van der Waals surface area contributed by atoms with E-state index in [4.69, 9.17) is 4.74 Å². The molecular weight excluding hydrogens is 186 g/mol. The molecule has 0 radical (unpaired) electrons. The highest BCUT2D eigenvalue weighted by molar-refractivity contribution is 4.68. The number of nitrogens with one attached hydrogen (secondary N) is 1. The molecule has 0 saturated heterocycles. The van der Waals surface area contributed by atoms with Crippen LogP contribution < -0.4 is 5.32 Å². The van der Waals surface area contributed by atoms with Crippen molar-refractivity contribution in [1.82, 2.24) is 5.32 Å². The third-order valence-corrected chi connectivity index (χ3v) is 3.28. The van der Waals surface area contributed by atoms with Gasteiger partial charge in [0, 0.05) is 13.2 Å². The molecule has 1 fully saturated rings. The van der Waals surface area contributed by atoms with E-state index in [9.17, 15) is 0 Å². The maximum Gasteiger partial charge on any atom is 0.0699 e. The summed E-state index contributed by atoms with van der Waals surface area (Å²) in [4.78, 5) is 0. The van der Waals surface area contributed by atoms with Crippen LogP contribution in [-0.4, -0.2) is 25.8 Å². The van der Waals surface area contributed by atoms with Gasteiger partial charge in [-0.15, -0.1) is 0 Å². The first-order valence-corrected chi connectivity index (χ1v) is 6.69. The molecule has 1 rings (SSSR count). The van der Waals surface area contributed by atoms with Gasteiger partial charge in [-0.3, -0.25) is 0 Å². The van der Waals surface area contributed by atoms with Crippen molar-refractivity contribution >= 4 is 0 Å². The normalized spacial score (nSPS) is 19.6.